The van der Waals surface area contributed by atoms with Crippen molar-refractivity contribution in [3.05, 3.63) is 41.4 Å². The summed E-state index contributed by atoms with van der Waals surface area (Å²) in [4.78, 5) is 16.1. The molecule has 6 heteroatoms. The van der Waals surface area contributed by atoms with Crippen LogP contribution in [0, 0.1) is 0 Å². The van der Waals surface area contributed by atoms with Crippen LogP contribution in [-0.4, -0.2) is 15.5 Å². The number of aryl methyl sites for hydroxylation is 2. The third-order valence-electron chi connectivity index (χ3n) is 2.99. The molecule has 5 nitrogen and oxygen atoms in total. The number of halogens is 1. The number of imidazole rings is 1. The number of aromatic nitrogens is 2. The fourth-order valence-electron chi connectivity index (χ4n) is 1.94. The Morgan fingerprint density at radius 2 is 2.30 bits per heavy atom. The predicted octanol–water partition coefficient (Wildman–Crippen LogP) is 2.71. The van der Waals surface area contributed by atoms with E-state index in [1.807, 2.05) is 17.7 Å². The topological polar surface area (TPSA) is 72.9 Å². The summed E-state index contributed by atoms with van der Waals surface area (Å²) in [5.74, 6) is 0.888. The highest BCUT2D eigenvalue weighted by atomic mass is 35.5. The molecule has 0 spiro atoms. The predicted molar refractivity (Wildman–Crippen MR) is 80.7 cm³/mol. The lowest BCUT2D eigenvalue weighted by Crippen LogP contribution is -2.16. The van der Waals surface area contributed by atoms with Crippen molar-refractivity contribution in [2.24, 2.45) is 0 Å². The van der Waals surface area contributed by atoms with E-state index in [1.165, 1.54) is 0 Å². The van der Waals surface area contributed by atoms with Crippen molar-refractivity contribution in [2.75, 3.05) is 11.1 Å². The van der Waals surface area contributed by atoms with E-state index in [-0.39, 0.29) is 5.91 Å². The van der Waals surface area contributed by atoms with Gasteiger partial charge >= 0.3 is 0 Å². The average Bonchev–Trinajstić information content (AvgIpc) is 2.87. The molecule has 1 aromatic carbocycles. The molecule has 0 saturated heterocycles. The number of hydrogen-bond acceptors (Lipinski definition) is 3. The minimum atomic E-state index is -0.0882. The fraction of sp³-hybridized carbons (Fsp3) is 0.286. The maximum Gasteiger partial charge on any atom is 0.226 e. The SMILES string of the molecule is CCc1nccn1CCC(=O)Nc1ccc(Cl)cc1N. The van der Waals surface area contributed by atoms with E-state index in [4.69, 9.17) is 17.3 Å². The average molecular weight is 293 g/mol. The number of carbonyl (C=O) groups is 1. The molecular formula is C14H17ClN4O. The summed E-state index contributed by atoms with van der Waals surface area (Å²) in [6.07, 6.45) is 4.83. The number of nitrogens with zero attached hydrogens (tertiary/aromatic N) is 2. The number of nitrogens with one attached hydrogen (secondary N) is 1. The molecule has 2 aromatic rings. The molecule has 0 unspecified atom stereocenters. The van der Waals surface area contributed by atoms with Gasteiger partial charge in [0.1, 0.15) is 5.82 Å². The standard InChI is InChI=1S/C14H17ClN4O/c1-2-13-17-6-8-19(13)7-5-14(20)18-12-4-3-10(15)9-11(12)16/h3-4,6,8-9H,2,5,7,16H2,1H3,(H,18,20). The first-order valence-electron chi connectivity index (χ1n) is 6.45. The van der Waals surface area contributed by atoms with Gasteiger partial charge in [0.15, 0.2) is 0 Å². The highest BCUT2D eigenvalue weighted by molar-refractivity contribution is 6.31. The van der Waals surface area contributed by atoms with E-state index in [2.05, 4.69) is 10.3 Å². The Hall–Kier alpha value is -2.01. The molecule has 0 radical (unpaired) electrons. The van der Waals surface area contributed by atoms with Crippen molar-refractivity contribution in [2.45, 2.75) is 26.3 Å². The van der Waals surface area contributed by atoms with Gasteiger partial charge in [-0.05, 0) is 18.2 Å². The maximum atomic E-state index is 11.9. The first-order chi connectivity index (χ1) is 9.60. The number of carbonyl (C=O) groups excluding carboxylic acids is 1. The summed E-state index contributed by atoms with van der Waals surface area (Å²) >= 11 is 5.81. The zero-order valence-electron chi connectivity index (χ0n) is 11.3. The summed E-state index contributed by atoms with van der Waals surface area (Å²) in [5.41, 5.74) is 6.84. The number of rotatable bonds is 5. The number of nitrogen functional groups attached to an aromatic ring is 1. The Morgan fingerprint density at radius 3 is 3.00 bits per heavy atom. The second kappa shape index (κ2) is 6.43. The normalized spacial score (nSPS) is 10.5. The first-order valence-corrected chi connectivity index (χ1v) is 6.83. The molecule has 0 atom stereocenters. The number of nitrogens with two attached hydrogens (primary N) is 1. The minimum absolute atomic E-state index is 0.0882. The monoisotopic (exact) mass is 292 g/mol. The van der Waals surface area contributed by atoms with Crippen molar-refractivity contribution in [1.82, 2.24) is 9.55 Å². The number of benzene rings is 1. The summed E-state index contributed by atoms with van der Waals surface area (Å²) in [6, 6.07) is 5.01. The molecule has 1 aromatic heterocycles. The lowest BCUT2D eigenvalue weighted by Gasteiger charge is -2.09. The van der Waals surface area contributed by atoms with Crippen LogP contribution in [0.2, 0.25) is 5.02 Å². The zero-order chi connectivity index (χ0) is 14.5. The molecule has 0 bridgehead atoms. The Labute approximate surface area is 122 Å². The van der Waals surface area contributed by atoms with Crippen LogP contribution in [0.5, 0.6) is 0 Å². The molecular weight excluding hydrogens is 276 g/mol. The zero-order valence-corrected chi connectivity index (χ0v) is 12.0. The smallest absolute Gasteiger partial charge is 0.226 e. The number of hydrogen-bond donors (Lipinski definition) is 2. The first kappa shape index (κ1) is 14.4. The van der Waals surface area contributed by atoms with Gasteiger partial charge in [-0.15, -0.1) is 0 Å². The summed E-state index contributed by atoms with van der Waals surface area (Å²) in [6.45, 7) is 2.63. The molecule has 3 N–H and O–H groups in total. The van der Waals surface area contributed by atoms with Gasteiger partial charge in [-0.25, -0.2) is 4.98 Å². The summed E-state index contributed by atoms with van der Waals surface area (Å²) in [7, 11) is 0. The number of amides is 1. The van der Waals surface area contributed by atoms with Crippen LogP contribution in [0.4, 0.5) is 11.4 Å². The summed E-state index contributed by atoms with van der Waals surface area (Å²) < 4.78 is 1.98. The molecule has 20 heavy (non-hydrogen) atoms. The Kier molecular flexibility index (Phi) is 4.63. The summed E-state index contributed by atoms with van der Waals surface area (Å²) in [5, 5.41) is 3.33. The van der Waals surface area contributed by atoms with Gasteiger partial charge in [-0.1, -0.05) is 18.5 Å². The number of anilines is 2. The molecule has 106 valence electrons. The van der Waals surface area contributed by atoms with E-state index in [0.717, 1.165) is 12.2 Å². The van der Waals surface area contributed by atoms with Crippen LogP contribution in [0.1, 0.15) is 19.2 Å². The molecule has 0 fully saturated rings. The van der Waals surface area contributed by atoms with Gasteiger partial charge in [-0.2, -0.15) is 0 Å². The molecule has 0 saturated carbocycles. The van der Waals surface area contributed by atoms with E-state index < -0.39 is 0 Å². The van der Waals surface area contributed by atoms with Crippen LogP contribution in [0.25, 0.3) is 0 Å². The molecule has 0 aliphatic heterocycles. The lowest BCUT2D eigenvalue weighted by molar-refractivity contribution is -0.116. The lowest BCUT2D eigenvalue weighted by atomic mass is 10.2. The maximum absolute atomic E-state index is 11.9. The van der Waals surface area contributed by atoms with Gasteiger partial charge in [-0.3, -0.25) is 4.79 Å². The van der Waals surface area contributed by atoms with Crippen LogP contribution in [-0.2, 0) is 17.8 Å². The third-order valence-corrected chi connectivity index (χ3v) is 3.22. The van der Waals surface area contributed by atoms with Gasteiger partial charge in [0, 0.05) is 36.8 Å². The van der Waals surface area contributed by atoms with E-state index in [9.17, 15) is 4.79 Å². The van der Waals surface area contributed by atoms with Gasteiger partial charge in [0.25, 0.3) is 0 Å². The van der Waals surface area contributed by atoms with E-state index >= 15 is 0 Å². The Bertz CT molecular complexity index is 609. The Balaban J connectivity index is 1.93. The van der Waals surface area contributed by atoms with Gasteiger partial charge in [0.05, 0.1) is 11.4 Å². The van der Waals surface area contributed by atoms with Crippen LogP contribution in [0.15, 0.2) is 30.6 Å². The van der Waals surface area contributed by atoms with Crippen LogP contribution < -0.4 is 11.1 Å². The van der Waals surface area contributed by atoms with Crippen molar-refractivity contribution < 1.29 is 4.79 Å². The second-order valence-corrected chi connectivity index (χ2v) is 4.86. The third kappa shape index (κ3) is 3.51. The molecule has 1 heterocycles. The molecule has 0 aliphatic carbocycles. The minimum Gasteiger partial charge on any atom is -0.397 e. The van der Waals surface area contributed by atoms with Gasteiger partial charge in [0.2, 0.25) is 5.91 Å². The van der Waals surface area contributed by atoms with E-state index in [1.54, 1.807) is 24.4 Å². The van der Waals surface area contributed by atoms with Crippen molar-refractivity contribution >= 4 is 28.9 Å². The second-order valence-electron chi connectivity index (χ2n) is 4.42. The van der Waals surface area contributed by atoms with Crippen molar-refractivity contribution in [3.8, 4) is 0 Å². The van der Waals surface area contributed by atoms with Crippen molar-refractivity contribution in [3.63, 3.8) is 0 Å². The van der Waals surface area contributed by atoms with Crippen LogP contribution in [0.3, 0.4) is 0 Å². The van der Waals surface area contributed by atoms with E-state index in [0.29, 0.717) is 29.4 Å². The molecule has 2 rings (SSSR count). The quantitative estimate of drug-likeness (QED) is 0.832. The fourth-order valence-corrected chi connectivity index (χ4v) is 2.12. The highest BCUT2D eigenvalue weighted by Crippen LogP contribution is 2.22. The van der Waals surface area contributed by atoms with Gasteiger partial charge < -0.3 is 15.6 Å². The van der Waals surface area contributed by atoms with Crippen molar-refractivity contribution in [1.29, 1.82) is 0 Å². The highest BCUT2D eigenvalue weighted by Gasteiger charge is 2.07. The molecule has 0 aliphatic rings. The molecule has 1 amide bonds. The largest absolute Gasteiger partial charge is 0.397 e. The Morgan fingerprint density at radius 1 is 1.50 bits per heavy atom. The van der Waals surface area contributed by atoms with Crippen LogP contribution >= 0.6 is 11.6 Å².